The molecule has 2 aromatic rings. The van der Waals surface area contributed by atoms with Gasteiger partial charge in [-0.15, -0.1) is 0 Å². The van der Waals surface area contributed by atoms with Crippen LogP contribution in [0.2, 0.25) is 0 Å². The van der Waals surface area contributed by atoms with Crippen molar-refractivity contribution in [2.24, 2.45) is 5.92 Å². The average Bonchev–Trinajstić information content (AvgIpc) is 3.26. The minimum atomic E-state index is -3.64. The molecule has 0 aromatic heterocycles. The molecular weight excluding hydrogens is 288 g/mol. The van der Waals surface area contributed by atoms with Crippen molar-refractivity contribution in [3.63, 3.8) is 0 Å². The number of hydrogen-bond acceptors (Lipinski definition) is 3. The first-order valence-electron chi connectivity index (χ1n) is 6.60. The van der Waals surface area contributed by atoms with Gasteiger partial charge in [0.25, 0.3) is 0 Å². The minimum Gasteiger partial charge on any atom is -0.481 e. The summed E-state index contributed by atoms with van der Waals surface area (Å²) in [6, 6.07) is 17.0. The molecule has 1 saturated carbocycles. The van der Waals surface area contributed by atoms with Crippen LogP contribution in [0.15, 0.2) is 65.6 Å². The monoisotopic (exact) mass is 302 g/mol. The van der Waals surface area contributed by atoms with Gasteiger partial charge in [-0.2, -0.15) is 0 Å². The molecule has 1 aliphatic carbocycles. The Kier molecular flexibility index (Phi) is 3.29. The fourth-order valence-electron chi connectivity index (χ4n) is 2.80. The zero-order chi connectivity index (χ0) is 15.0. The Labute approximate surface area is 123 Å². The molecule has 2 aromatic carbocycles. The number of carboxylic acids is 1. The van der Waals surface area contributed by atoms with Crippen LogP contribution in [0, 0.1) is 5.92 Å². The second-order valence-corrected chi connectivity index (χ2v) is 7.23. The van der Waals surface area contributed by atoms with Crippen molar-refractivity contribution in [3.05, 3.63) is 66.2 Å². The summed E-state index contributed by atoms with van der Waals surface area (Å²) in [6.45, 7) is 0. The summed E-state index contributed by atoms with van der Waals surface area (Å²) in [4.78, 5) is 11.5. The van der Waals surface area contributed by atoms with Crippen LogP contribution < -0.4 is 0 Å². The molecular formula is C16H14O4S. The number of carboxylic acid groups (broad SMARTS) is 1. The highest BCUT2D eigenvalue weighted by Crippen LogP contribution is 2.54. The van der Waals surface area contributed by atoms with Crippen molar-refractivity contribution in [2.45, 2.75) is 16.1 Å². The molecule has 3 rings (SSSR count). The van der Waals surface area contributed by atoms with Gasteiger partial charge in [0, 0.05) is 5.92 Å². The van der Waals surface area contributed by atoms with Gasteiger partial charge in [-0.1, -0.05) is 48.5 Å². The number of aliphatic carboxylic acids is 1. The Morgan fingerprint density at radius 3 is 1.95 bits per heavy atom. The number of carbonyl (C=O) groups is 1. The molecule has 1 fully saturated rings. The largest absolute Gasteiger partial charge is 0.481 e. The molecule has 4 nitrogen and oxygen atoms in total. The summed E-state index contributed by atoms with van der Waals surface area (Å²) in [5.41, 5.74) is 0.759. The number of benzene rings is 2. The Bertz CT molecular complexity index is 753. The molecule has 0 aliphatic heterocycles. The number of sulfone groups is 1. The zero-order valence-electron chi connectivity index (χ0n) is 11.1. The first-order chi connectivity index (χ1) is 10.0. The summed E-state index contributed by atoms with van der Waals surface area (Å²) >= 11 is 0. The van der Waals surface area contributed by atoms with Gasteiger partial charge in [-0.25, -0.2) is 8.42 Å². The fraction of sp³-hybridized carbons (Fsp3) is 0.188. The van der Waals surface area contributed by atoms with Crippen LogP contribution in [0.1, 0.15) is 11.5 Å². The second-order valence-electron chi connectivity index (χ2n) is 5.12. The maximum absolute atomic E-state index is 12.6. The third-order valence-corrected chi connectivity index (χ3v) is 6.09. The Morgan fingerprint density at radius 2 is 1.43 bits per heavy atom. The van der Waals surface area contributed by atoms with Gasteiger partial charge in [-0.3, -0.25) is 4.79 Å². The lowest BCUT2D eigenvalue weighted by Crippen LogP contribution is -2.13. The van der Waals surface area contributed by atoms with Crippen LogP contribution in [-0.4, -0.2) is 24.7 Å². The van der Waals surface area contributed by atoms with Crippen molar-refractivity contribution in [1.29, 1.82) is 0 Å². The first-order valence-corrected chi connectivity index (χ1v) is 8.15. The molecule has 1 N–H and O–H groups in total. The van der Waals surface area contributed by atoms with Crippen LogP contribution in [0.4, 0.5) is 0 Å². The lowest BCUT2D eigenvalue weighted by molar-refractivity contribution is -0.138. The average molecular weight is 302 g/mol. The van der Waals surface area contributed by atoms with Crippen molar-refractivity contribution in [2.75, 3.05) is 0 Å². The molecule has 0 bridgehead atoms. The van der Waals surface area contributed by atoms with E-state index in [9.17, 15) is 18.3 Å². The molecule has 0 heterocycles. The van der Waals surface area contributed by atoms with Crippen molar-refractivity contribution in [1.82, 2.24) is 0 Å². The van der Waals surface area contributed by atoms with Gasteiger partial charge in [0.1, 0.15) is 0 Å². The molecule has 0 radical (unpaired) electrons. The fourth-order valence-corrected chi connectivity index (χ4v) is 4.95. The van der Waals surface area contributed by atoms with Crippen LogP contribution in [0.5, 0.6) is 0 Å². The molecule has 0 amide bonds. The molecule has 5 heteroatoms. The van der Waals surface area contributed by atoms with E-state index in [1.165, 1.54) is 12.1 Å². The predicted molar refractivity (Wildman–Crippen MR) is 77.7 cm³/mol. The zero-order valence-corrected chi connectivity index (χ0v) is 11.9. The second kappa shape index (κ2) is 5.00. The third-order valence-electron chi connectivity index (χ3n) is 3.85. The summed E-state index contributed by atoms with van der Waals surface area (Å²) in [5, 5.41) is 8.41. The van der Waals surface area contributed by atoms with Gasteiger partial charge in [0.2, 0.25) is 0 Å². The lowest BCUT2D eigenvalue weighted by Gasteiger charge is -2.03. The number of hydrogen-bond donors (Lipinski definition) is 1. The topological polar surface area (TPSA) is 71.4 Å². The highest BCUT2D eigenvalue weighted by atomic mass is 32.2. The van der Waals surface area contributed by atoms with Gasteiger partial charge in [0.05, 0.1) is 16.1 Å². The smallest absolute Gasteiger partial charge is 0.308 e. The van der Waals surface area contributed by atoms with Gasteiger partial charge >= 0.3 is 5.97 Å². The summed E-state index contributed by atoms with van der Waals surface area (Å²) < 4.78 is 25.3. The Balaban J connectivity index is 2.00. The van der Waals surface area contributed by atoms with E-state index < -0.39 is 32.9 Å². The van der Waals surface area contributed by atoms with E-state index in [1.807, 2.05) is 6.07 Å². The minimum absolute atomic E-state index is 0.180. The maximum Gasteiger partial charge on any atom is 0.308 e. The van der Waals surface area contributed by atoms with Crippen LogP contribution in [0.3, 0.4) is 0 Å². The predicted octanol–water partition coefficient (Wildman–Crippen LogP) is 2.33. The van der Waals surface area contributed by atoms with Gasteiger partial charge < -0.3 is 5.11 Å². The Morgan fingerprint density at radius 1 is 0.905 bits per heavy atom. The molecule has 21 heavy (non-hydrogen) atoms. The van der Waals surface area contributed by atoms with Crippen molar-refractivity contribution in [3.8, 4) is 0 Å². The molecule has 0 saturated heterocycles. The SMILES string of the molecule is O=C(O)[C@@H]1[C@@H](c2ccccc2)[C@H]1S(=O)(=O)c1ccccc1. The van der Waals surface area contributed by atoms with E-state index >= 15 is 0 Å². The maximum atomic E-state index is 12.6. The van der Waals surface area contributed by atoms with E-state index in [4.69, 9.17) is 0 Å². The number of rotatable bonds is 4. The van der Waals surface area contributed by atoms with Crippen LogP contribution in [-0.2, 0) is 14.6 Å². The van der Waals surface area contributed by atoms with Gasteiger partial charge in [-0.05, 0) is 17.7 Å². The molecule has 108 valence electrons. The van der Waals surface area contributed by atoms with Crippen LogP contribution >= 0.6 is 0 Å². The highest BCUT2D eigenvalue weighted by Gasteiger charge is 2.62. The molecule has 1 aliphatic rings. The highest BCUT2D eigenvalue weighted by molar-refractivity contribution is 7.92. The van der Waals surface area contributed by atoms with E-state index in [2.05, 4.69) is 0 Å². The third kappa shape index (κ3) is 2.34. The summed E-state index contributed by atoms with van der Waals surface area (Å²) in [5.74, 6) is -2.42. The van der Waals surface area contributed by atoms with E-state index in [0.29, 0.717) is 0 Å². The van der Waals surface area contributed by atoms with Crippen molar-refractivity contribution >= 4 is 15.8 Å². The standard InChI is InChI=1S/C16H14O4S/c17-16(18)14-13(11-7-3-1-4-8-11)15(14)21(19,20)12-9-5-2-6-10-12/h1-10,13-15H,(H,17,18)/t13-,14-,15-/m1/s1. The van der Waals surface area contributed by atoms with Crippen molar-refractivity contribution < 1.29 is 18.3 Å². The lowest BCUT2D eigenvalue weighted by atomic mass is 10.1. The van der Waals surface area contributed by atoms with E-state index in [-0.39, 0.29) is 4.90 Å². The Hall–Kier alpha value is -2.14. The molecule has 0 unspecified atom stereocenters. The van der Waals surface area contributed by atoms with E-state index in [0.717, 1.165) is 5.56 Å². The summed E-state index contributed by atoms with van der Waals surface area (Å²) in [6.07, 6.45) is 0. The van der Waals surface area contributed by atoms with Gasteiger partial charge in [0.15, 0.2) is 9.84 Å². The summed E-state index contributed by atoms with van der Waals surface area (Å²) in [7, 11) is -3.64. The normalized spacial score (nSPS) is 24.5. The molecule has 3 atom stereocenters. The van der Waals surface area contributed by atoms with E-state index in [1.54, 1.807) is 42.5 Å². The first kappa shape index (κ1) is 13.8. The quantitative estimate of drug-likeness (QED) is 0.941. The molecule has 0 spiro atoms. The van der Waals surface area contributed by atoms with Crippen LogP contribution in [0.25, 0.3) is 0 Å².